The number of halogens is 1. The van der Waals surface area contributed by atoms with E-state index in [-0.39, 0.29) is 23.1 Å². The van der Waals surface area contributed by atoms with Crippen molar-refractivity contribution in [2.75, 3.05) is 11.1 Å². The molecule has 33 heavy (non-hydrogen) atoms. The Morgan fingerprint density at radius 2 is 2.03 bits per heavy atom. The quantitative estimate of drug-likeness (QED) is 0.264. The molecule has 2 atom stereocenters. The number of hydrogen-bond donors (Lipinski definition) is 1. The Morgan fingerprint density at radius 3 is 2.85 bits per heavy atom. The van der Waals surface area contributed by atoms with Gasteiger partial charge in [-0.05, 0) is 55.7 Å². The topological polar surface area (TPSA) is 64.0 Å². The van der Waals surface area contributed by atoms with Crippen molar-refractivity contribution < 1.29 is 4.79 Å². The molecule has 1 aromatic heterocycles. The van der Waals surface area contributed by atoms with Gasteiger partial charge in [0.1, 0.15) is 5.03 Å². The number of hydrogen-bond acceptors (Lipinski definition) is 5. The number of anilines is 1. The van der Waals surface area contributed by atoms with Crippen molar-refractivity contribution in [3.8, 4) is 5.69 Å². The molecule has 170 valence electrons. The lowest BCUT2D eigenvalue weighted by Crippen LogP contribution is -2.29. The fourth-order valence-electron chi connectivity index (χ4n) is 4.60. The molecular formula is C25H24ClN3O2S2. The average molecular weight is 498 g/mol. The number of nitrogens with one attached hydrogen (secondary N) is 1. The summed E-state index contributed by atoms with van der Waals surface area (Å²) in [6, 6.07) is 14.9. The molecule has 1 N–H and O–H groups in total. The van der Waals surface area contributed by atoms with Gasteiger partial charge in [0.2, 0.25) is 5.91 Å². The monoisotopic (exact) mass is 497 g/mol. The van der Waals surface area contributed by atoms with E-state index in [0.717, 1.165) is 41.1 Å². The summed E-state index contributed by atoms with van der Waals surface area (Å²) in [4.78, 5) is 31.4. The maximum Gasteiger partial charge on any atom is 0.263 e. The molecule has 2 aromatic carbocycles. The predicted molar refractivity (Wildman–Crippen MR) is 136 cm³/mol. The number of aryl methyl sites for hydroxylation is 1. The van der Waals surface area contributed by atoms with Crippen molar-refractivity contribution in [2.24, 2.45) is 0 Å². The highest BCUT2D eigenvalue weighted by Crippen LogP contribution is 2.50. The highest BCUT2D eigenvalue weighted by Gasteiger charge is 2.39. The Balaban J connectivity index is 1.48. The largest absolute Gasteiger partial charge is 0.325 e. The highest BCUT2D eigenvalue weighted by atomic mass is 35.5. The predicted octanol–water partition coefficient (Wildman–Crippen LogP) is 6.06. The molecule has 1 aliphatic heterocycles. The third-order valence-electron chi connectivity index (χ3n) is 6.09. The van der Waals surface area contributed by atoms with Gasteiger partial charge in [0.15, 0.2) is 5.16 Å². The number of carbonyl (C=O) groups is 1. The zero-order valence-corrected chi connectivity index (χ0v) is 20.6. The van der Waals surface area contributed by atoms with E-state index >= 15 is 0 Å². The lowest BCUT2D eigenvalue weighted by molar-refractivity contribution is -0.113. The number of thioether (sulfide) groups is 2. The summed E-state index contributed by atoms with van der Waals surface area (Å²) in [6.07, 6.45) is 4.54. The van der Waals surface area contributed by atoms with Crippen LogP contribution in [0, 0.1) is 6.92 Å². The van der Waals surface area contributed by atoms with E-state index in [1.54, 1.807) is 40.6 Å². The SMILES string of the molecule is Cc1cccc(-n2c(SCC(=O)Nc3cccc(Cl)c3)nc3c(c2=O)[C@H]2CCCC[C@@H]2S3)c1. The van der Waals surface area contributed by atoms with Gasteiger partial charge in [-0.3, -0.25) is 14.2 Å². The van der Waals surface area contributed by atoms with E-state index in [0.29, 0.717) is 21.1 Å². The molecule has 8 heteroatoms. The fraction of sp³-hybridized carbons (Fsp3) is 0.320. The Hall–Kier alpha value is -2.22. The molecular weight excluding hydrogens is 474 g/mol. The van der Waals surface area contributed by atoms with Gasteiger partial charge in [0.25, 0.3) is 5.56 Å². The lowest BCUT2D eigenvalue weighted by Gasteiger charge is -2.24. The first-order valence-electron chi connectivity index (χ1n) is 11.1. The summed E-state index contributed by atoms with van der Waals surface area (Å²) in [5, 5.41) is 5.26. The molecule has 5 nitrogen and oxygen atoms in total. The van der Waals surface area contributed by atoms with Crippen LogP contribution in [-0.4, -0.2) is 26.5 Å². The van der Waals surface area contributed by atoms with E-state index in [1.807, 2.05) is 31.2 Å². The zero-order valence-electron chi connectivity index (χ0n) is 18.2. The molecule has 2 heterocycles. The maximum atomic E-state index is 13.8. The number of aromatic nitrogens is 2. The van der Waals surface area contributed by atoms with Gasteiger partial charge < -0.3 is 5.32 Å². The van der Waals surface area contributed by atoms with Gasteiger partial charge in [-0.2, -0.15) is 0 Å². The van der Waals surface area contributed by atoms with E-state index in [2.05, 4.69) is 5.32 Å². The van der Waals surface area contributed by atoms with Crippen LogP contribution in [0.4, 0.5) is 5.69 Å². The van der Waals surface area contributed by atoms with Crippen LogP contribution in [-0.2, 0) is 4.79 Å². The summed E-state index contributed by atoms with van der Waals surface area (Å²) in [5.41, 5.74) is 3.37. The summed E-state index contributed by atoms with van der Waals surface area (Å²) in [5.74, 6) is 0.246. The van der Waals surface area contributed by atoms with Crippen LogP contribution in [0.15, 0.2) is 63.5 Å². The van der Waals surface area contributed by atoms with Gasteiger partial charge in [-0.15, -0.1) is 11.8 Å². The minimum absolute atomic E-state index is 0.00486. The molecule has 0 saturated heterocycles. The first-order chi connectivity index (χ1) is 16.0. The number of rotatable bonds is 5. The Bertz CT molecular complexity index is 1280. The van der Waals surface area contributed by atoms with Crippen molar-refractivity contribution in [3.05, 3.63) is 75.0 Å². The number of carbonyl (C=O) groups excluding carboxylic acids is 1. The van der Waals surface area contributed by atoms with Gasteiger partial charge in [-0.1, -0.05) is 54.4 Å². The summed E-state index contributed by atoms with van der Waals surface area (Å²) in [7, 11) is 0. The smallest absolute Gasteiger partial charge is 0.263 e. The second-order valence-electron chi connectivity index (χ2n) is 8.49. The van der Waals surface area contributed by atoms with E-state index in [9.17, 15) is 9.59 Å². The van der Waals surface area contributed by atoms with Crippen LogP contribution < -0.4 is 10.9 Å². The second-order valence-corrected chi connectivity index (χ2v) is 11.1. The Kier molecular flexibility index (Phi) is 6.54. The van der Waals surface area contributed by atoms with Crippen molar-refractivity contribution in [3.63, 3.8) is 0 Å². The van der Waals surface area contributed by atoms with Crippen LogP contribution in [0.3, 0.4) is 0 Å². The summed E-state index contributed by atoms with van der Waals surface area (Å²) < 4.78 is 1.70. The lowest BCUT2D eigenvalue weighted by atomic mass is 9.85. The van der Waals surface area contributed by atoms with Gasteiger partial charge in [0, 0.05) is 21.9 Å². The normalized spacial score (nSPS) is 19.1. The van der Waals surface area contributed by atoms with Crippen molar-refractivity contribution in [1.82, 2.24) is 9.55 Å². The number of nitrogens with zero attached hydrogens (tertiary/aromatic N) is 2. The van der Waals surface area contributed by atoms with Crippen LogP contribution in [0.5, 0.6) is 0 Å². The Labute approximate surface area is 206 Å². The van der Waals surface area contributed by atoms with Crippen molar-refractivity contribution in [1.29, 1.82) is 0 Å². The van der Waals surface area contributed by atoms with Crippen LogP contribution >= 0.6 is 35.1 Å². The standard InChI is InChI=1S/C25H24ClN3O2S2/c1-15-6-4-9-18(12-15)29-24(31)22-19-10-2-3-11-20(19)33-23(22)28-25(29)32-14-21(30)27-17-8-5-7-16(26)13-17/h4-9,12-13,19-20H,2-3,10-11,14H2,1H3,(H,27,30)/t19-,20-/m0/s1. The first kappa shape index (κ1) is 22.6. The molecule has 3 aromatic rings. The maximum absolute atomic E-state index is 13.8. The molecule has 0 unspecified atom stereocenters. The molecule has 5 rings (SSSR count). The number of benzene rings is 2. The molecule has 1 amide bonds. The molecule has 1 saturated carbocycles. The van der Waals surface area contributed by atoms with Gasteiger partial charge in [0.05, 0.1) is 17.0 Å². The minimum Gasteiger partial charge on any atom is -0.325 e. The zero-order chi connectivity index (χ0) is 22.9. The molecule has 1 fully saturated rings. The third-order valence-corrected chi connectivity index (χ3v) is 8.66. The fourth-order valence-corrected chi connectivity index (χ4v) is 7.17. The first-order valence-corrected chi connectivity index (χ1v) is 13.3. The minimum atomic E-state index is -0.172. The molecule has 2 aliphatic rings. The number of fused-ring (bicyclic) bond motifs is 3. The molecule has 0 bridgehead atoms. The Morgan fingerprint density at radius 1 is 1.21 bits per heavy atom. The molecule has 1 aliphatic carbocycles. The summed E-state index contributed by atoms with van der Waals surface area (Å²) in [6.45, 7) is 2.01. The molecule has 0 radical (unpaired) electrons. The van der Waals surface area contributed by atoms with E-state index < -0.39 is 0 Å². The van der Waals surface area contributed by atoms with E-state index in [1.165, 1.54) is 18.2 Å². The van der Waals surface area contributed by atoms with E-state index in [4.69, 9.17) is 16.6 Å². The van der Waals surface area contributed by atoms with Crippen molar-refractivity contribution >= 4 is 46.7 Å². The third kappa shape index (κ3) is 4.72. The average Bonchev–Trinajstić information content (AvgIpc) is 3.16. The second kappa shape index (κ2) is 9.57. The molecule has 0 spiro atoms. The van der Waals surface area contributed by atoms with Crippen molar-refractivity contribution in [2.45, 2.75) is 54.0 Å². The highest BCUT2D eigenvalue weighted by molar-refractivity contribution is 8.00. The van der Waals surface area contributed by atoms with Crippen LogP contribution in [0.2, 0.25) is 5.02 Å². The van der Waals surface area contributed by atoms with Gasteiger partial charge in [-0.25, -0.2) is 4.98 Å². The summed E-state index contributed by atoms with van der Waals surface area (Å²) >= 11 is 9.05. The van der Waals surface area contributed by atoms with Gasteiger partial charge >= 0.3 is 0 Å². The van der Waals surface area contributed by atoms with Crippen LogP contribution in [0.1, 0.15) is 42.7 Å². The van der Waals surface area contributed by atoms with Crippen LogP contribution in [0.25, 0.3) is 5.69 Å². The number of amides is 1.